The van der Waals surface area contributed by atoms with Gasteiger partial charge in [0.1, 0.15) is 12.7 Å². The van der Waals surface area contributed by atoms with Crippen LogP contribution in [0.25, 0.3) is 21.1 Å². The normalized spacial score (nSPS) is 16.7. The lowest BCUT2D eigenvalue weighted by atomic mass is 10.0. The summed E-state index contributed by atoms with van der Waals surface area (Å²) in [7, 11) is 3.43. The van der Waals surface area contributed by atoms with Gasteiger partial charge in [0.05, 0.1) is 47.9 Å². The number of fused-ring (bicyclic) bond motifs is 2. The van der Waals surface area contributed by atoms with E-state index in [-0.39, 0.29) is 18.6 Å². The maximum Gasteiger partial charge on any atom is 0.248 e. The van der Waals surface area contributed by atoms with Crippen molar-refractivity contribution in [2.45, 2.75) is 12.7 Å². The number of aromatic nitrogens is 4. The van der Waals surface area contributed by atoms with Gasteiger partial charge >= 0.3 is 0 Å². The third-order valence-corrected chi connectivity index (χ3v) is 6.52. The van der Waals surface area contributed by atoms with Crippen molar-refractivity contribution in [3.63, 3.8) is 0 Å². The summed E-state index contributed by atoms with van der Waals surface area (Å²) in [5.41, 5.74) is 3.00. The summed E-state index contributed by atoms with van der Waals surface area (Å²) in [5.74, 6) is 0.638. The van der Waals surface area contributed by atoms with E-state index in [2.05, 4.69) is 26.1 Å². The molecule has 1 amide bonds. The Kier molecular flexibility index (Phi) is 5.73. The average molecular weight is 453 g/mol. The van der Waals surface area contributed by atoms with Gasteiger partial charge in [-0.25, -0.2) is 9.97 Å². The zero-order valence-corrected chi connectivity index (χ0v) is 18.8. The number of hydrogen-bond donors (Lipinski definition) is 1. The van der Waals surface area contributed by atoms with E-state index in [4.69, 9.17) is 14.5 Å². The first kappa shape index (κ1) is 20.8. The zero-order chi connectivity index (χ0) is 22.1. The molecule has 4 aromatic rings. The zero-order valence-electron chi connectivity index (χ0n) is 17.9. The van der Waals surface area contributed by atoms with E-state index in [9.17, 15) is 4.79 Å². The molecule has 1 saturated heterocycles. The molecule has 1 aliphatic rings. The smallest absolute Gasteiger partial charge is 0.248 e. The largest absolute Gasteiger partial charge is 0.370 e. The molecular formula is C22H24N6O3S. The van der Waals surface area contributed by atoms with Crippen LogP contribution in [0.3, 0.4) is 0 Å². The number of rotatable bonds is 6. The number of morpholine rings is 1. The van der Waals surface area contributed by atoms with Crippen LogP contribution in [0.15, 0.2) is 36.7 Å². The Labute approximate surface area is 189 Å². The topological polar surface area (TPSA) is 96.5 Å². The second-order valence-electron chi connectivity index (χ2n) is 7.90. The molecular weight excluding hydrogens is 428 g/mol. The lowest BCUT2D eigenvalue weighted by Gasteiger charge is -2.33. The summed E-state index contributed by atoms with van der Waals surface area (Å²) in [5, 5.41) is 8.25. The van der Waals surface area contributed by atoms with E-state index in [1.54, 1.807) is 25.4 Å². The molecule has 1 aliphatic heterocycles. The van der Waals surface area contributed by atoms with Crippen LogP contribution in [0.5, 0.6) is 0 Å². The number of hydrogen-bond acceptors (Lipinski definition) is 8. The number of thiophene rings is 1. The fraction of sp³-hybridized carbons (Fsp3) is 0.364. The number of ether oxygens (including phenoxy) is 2. The quantitative estimate of drug-likeness (QED) is 0.480. The average Bonchev–Trinajstić information content (AvgIpc) is 3.44. The summed E-state index contributed by atoms with van der Waals surface area (Å²) in [4.78, 5) is 25.8. The van der Waals surface area contributed by atoms with Crippen molar-refractivity contribution in [3.8, 4) is 0 Å². The number of likely N-dealkylation sites (N-methyl/N-ethyl adjacent to an activating group) is 1. The molecule has 3 aromatic heterocycles. The van der Waals surface area contributed by atoms with Crippen molar-refractivity contribution in [1.82, 2.24) is 25.1 Å². The first-order valence-electron chi connectivity index (χ1n) is 10.4. The predicted molar refractivity (Wildman–Crippen MR) is 123 cm³/mol. The van der Waals surface area contributed by atoms with Gasteiger partial charge < -0.3 is 19.3 Å². The Morgan fingerprint density at radius 2 is 2.28 bits per heavy atom. The Balaban J connectivity index is 1.31. The van der Waals surface area contributed by atoms with Crippen molar-refractivity contribution < 1.29 is 14.3 Å². The van der Waals surface area contributed by atoms with Crippen molar-refractivity contribution in [3.05, 3.63) is 47.1 Å². The number of benzene rings is 1. The first-order valence-corrected chi connectivity index (χ1v) is 11.2. The summed E-state index contributed by atoms with van der Waals surface area (Å²) in [6.45, 7) is 2.45. The highest BCUT2D eigenvalue weighted by Gasteiger charge is 2.25. The van der Waals surface area contributed by atoms with Crippen LogP contribution in [0.1, 0.15) is 16.5 Å². The molecule has 166 valence electrons. The molecule has 1 aromatic carbocycles. The van der Waals surface area contributed by atoms with E-state index in [0.29, 0.717) is 25.7 Å². The van der Waals surface area contributed by atoms with Gasteiger partial charge in [0.25, 0.3) is 0 Å². The monoisotopic (exact) mass is 452 g/mol. The molecule has 1 fully saturated rings. The summed E-state index contributed by atoms with van der Waals surface area (Å²) in [6.07, 6.45) is 3.62. The van der Waals surface area contributed by atoms with Crippen molar-refractivity contribution >= 4 is 44.3 Å². The Morgan fingerprint density at radius 1 is 1.38 bits per heavy atom. The molecule has 0 saturated carbocycles. The number of aromatic amines is 1. The number of anilines is 1. The molecule has 0 spiro atoms. The Morgan fingerprint density at radius 3 is 3.16 bits per heavy atom. The number of H-pyrrole nitrogens is 1. The summed E-state index contributed by atoms with van der Waals surface area (Å²) in [6, 6.07) is 8.12. The summed E-state index contributed by atoms with van der Waals surface area (Å²) < 4.78 is 12.6. The van der Waals surface area contributed by atoms with Crippen LogP contribution in [0, 0.1) is 0 Å². The van der Waals surface area contributed by atoms with Crippen LogP contribution in [-0.2, 0) is 20.9 Å². The molecule has 0 aliphatic carbocycles. The number of carbonyl (C=O) groups is 1. The van der Waals surface area contributed by atoms with E-state index in [1.165, 1.54) is 4.90 Å². The molecule has 1 unspecified atom stereocenters. The van der Waals surface area contributed by atoms with Gasteiger partial charge in [0, 0.05) is 30.9 Å². The number of nitrogens with zero attached hydrogens (tertiary/aromatic N) is 5. The van der Waals surface area contributed by atoms with Crippen LogP contribution in [0.2, 0.25) is 0 Å². The highest BCUT2D eigenvalue weighted by atomic mass is 32.1. The van der Waals surface area contributed by atoms with Gasteiger partial charge in [0.15, 0.2) is 0 Å². The second-order valence-corrected chi connectivity index (χ2v) is 9.07. The summed E-state index contributed by atoms with van der Waals surface area (Å²) >= 11 is 1.58. The SMILES string of the molecule is CN(C)C(=O)COCc1cc2nc(N3CCOC(c4cccc5[nH]ncc45)C3)ncc2s1. The van der Waals surface area contributed by atoms with Gasteiger partial charge in [-0.3, -0.25) is 9.89 Å². The van der Waals surface area contributed by atoms with Gasteiger partial charge in [-0.2, -0.15) is 5.10 Å². The highest BCUT2D eigenvalue weighted by molar-refractivity contribution is 7.18. The number of nitrogens with one attached hydrogen (secondary N) is 1. The number of amides is 1. The second kappa shape index (κ2) is 8.81. The van der Waals surface area contributed by atoms with Crippen molar-refractivity contribution in [1.29, 1.82) is 0 Å². The number of carbonyl (C=O) groups excluding carboxylic acids is 1. The van der Waals surface area contributed by atoms with Crippen LogP contribution in [-0.4, -0.2) is 71.4 Å². The van der Waals surface area contributed by atoms with E-state index < -0.39 is 0 Å². The minimum absolute atomic E-state index is 0.0545. The van der Waals surface area contributed by atoms with Crippen LogP contribution in [0.4, 0.5) is 5.95 Å². The van der Waals surface area contributed by atoms with Crippen LogP contribution >= 0.6 is 11.3 Å². The minimum atomic E-state index is -0.0787. The van der Waals surface area contributed by atoms with E-state index in [0.717, 1.165) is 38.1 Å². The van der Waals surface area contributed by atoms with Crippen molar-refractivity contribution in [2.75, 3.05) is 45.3 Å². The van der Waals surface area contributed by atoms with Gasteiger partial charge in [0.2, 0.25) is 11.9 Å². The third kappa shape index (κ3) is 4.16. The maximum absolute atomic E-state index is 11.7. The molecule has 1 atom stereocenters. The highest BCUT2D eigenvalue weighted by Crippen LogP contribution is 2.31. The fourth-order valence-corrected chi connectivity index (χ4v) is 4.67. The predicted octanol–water partition coefficient (Wildman–Crippen LogP) is 2.75. The van der Waals surface area contributed by atoms with Gasteiger partial charge in [-0.05, 0) is 17.7 Å². The molecule has 32 heavy (non-hydrogen) atoms. The van der Waals surface area contributed by atoms with Gasteiger partial charge in [-0.15, -0.1) is 11.3 Å². The van der Waals surface area contributed by atoms with Gasteiger partial charge in [-0.1, -0.05) is 12.1 Å². The fourth-order valence-electron chi connectivity index (χ4n) is 3.76. The van der Waals surface area contributed by atoms with Crippen molar-refractivity contribution in [2.24, 2.45) is 0 Å². The molecule has 5 rings (SSSR count). The molecule has 4 heterocycles. The van der Waals surface area contributed by atoms with Crippen LogP contribution < -0.4 is 4.90 Å². The minimum Gasteiger partial charge on any atom is -0.370 e. The Bertz CT molecular complexity index is 1250. The first-order chi connectivity index (χ1) is 15.6. The van der Waals surface area contributed by atoms with E-state index in [1.807, 2.05) is 30.6 Å². The Hall–Kier alpha value is -3.08. The molecule has 1 N–H and O–H groups in total. The molecule has 0 radical (unpaired) electrons. The van der Waals surface area contributed by atoms with E-state index >= 15 is 0 Å². The molecule has 10 heteroatoms. The molecule has 9 nitrogen and oxygen atoms in total. The maximum atomic E-state index is 11.7. The third-order valence-electron chi connectivity index (χ3n) is 5.49. The lowest BCUT2D eigenvalue weighted by Crippen LogP contribution is -2.39. The lowest BCUT2D eigenvalue weighted by molar-refractivity contribution is -0.133. The standard InChI is InChI=1S/C22H24N6O3S/c1-27(2)21(29)13-30-12-14-8-18-20(32-14)10-23-22(25-18)28-6-7-31-19(11-28)15-4-3-5-17-16(15)9-24-26-17/h3-5,8-10,19H,6-7,11-13H2,1-2H3,(H,24,26). The molecule has 0 bridgehead atoms.